The third kappa shape index (κ3) is 3.90. The fourth-order valence-corrected chi connectivity index (χ4v) is 1.67. The lowest BCUT2D eigenvalue weighted by Crippen LogP contribution is -2.17. The van der Waals surface area contributed by atoms with E-state index in [-0.39, 0.29) is 0 Å². The summed E-state index contributed by atoms with van der Waals surface area (Å²) in [5.74, 6) is 0.322. The van der Waals surface area contributed by atoms with Crippen molar-refractivity contribution in [1.29, 1.82) is 0 Å². The van der Waals surface area contributed by atoms with Crippen molar-refractivity contribution in [3.63, 3.8) is 0 Å². The van der Waals surface area contributed by atoms with E-state index in [2.05, 4.69) is 17.2 Å². The number of methoxy groups -OCH3 is 2. The van der Waals surface area contributed by atoms with Crippen LogP contribution in [-0.2, 0) is 22.4 Å². The van der Waals surface area contributed by atoms with Crippen LogP contribution in [0.15, 0.2) is 0 Å². The Morgan fingerprint density at radius 2 is 2.18 bits per heavy atom. The molecule has 1 aromatic rings. The number of carbonyl (C=O) groups excluding carboxylic acids is 1. The van der Waals surface area contributed by atoms with Gasteiger partial charge in [-0.3, -0.25) is 4.79 Å². The van der Waals surface area contributed by atoms with Crippen molar-refractivity contribution in [2.45, 2.75) is 19.9 Å². The van der Waals surface area contributed by atoms with E-state index in [9.17, 15) is 4.79 Å². The Morgan fingerprint density at radius 1 is 1.41 bits per heavy atom. The molecule has 0 aliphatic rings. The van der Waals surface area contributed by atoms with Crippen LogP contribution in [0.5, 0.6) is 0 Å². The lowest BCUT2D eigenvalue weighted by molar-refractivity contribution is 0.111. The molecule has 17 heavy (non-hydrogen) atoms. The number of hydrogen-bond acceptors (Lipinski definition) is 5. The Kier molecular flexibility index (Phi) is 5.79. The Labute approximate surface area is 101 Å². The minimum absolute atomic E-state index is 0.322. The molecular weight excluding hydrogens is 222 g/mol. The topological polar surface area (TPSA) is 66.2 Å². The quantitative estimate of drug-likeness (QED) is 0.622. The van der Waals surface area contributed by atoms with Crippen molar-refractivity contribution in [3.05, 3.63) is 11.4 Å². The number of carbonyl (C=O) groups is 1. The summed E-state index contributed by atoms with van der Waals surface area (Å²) in [6.07, 6.45) is 1.37. The van der Waals surface area contributed by atoms with Gasteiger partial charge in [-0.25, -0.2) is 4.68 Å². The Bertz CT molecular complexity index is 352. The number of hydrogen-bond donors (Lipinski definition) is 0. The van der Waals surface area contributed by atoms with Crippen LogP contribution in [0.4, 0.5) is 0 Å². The zero-order valence-electron chi connectivity index (χ0n) is 10.5. The van der Waals surface area contributed by atoms with E-state index >= 15 is 0 Å². The van der Waals surface area contributed by atoms with E-state index in [4.69, 9.17) is 9.47 Å². The molecule has 0 spiro atoms. The molecule has 0 aliphatic heterocycles. The van der Waals surface area contributed by atoms with Gasteiger partial charge in [0.1, 0.15) is 5.69 Å². The van der Waals surface area contributed by atoms with Crippen LogP contribution in [0.1, 0.15) is 23.1 Å². The summed E-state index contributed by atoms with van der Waals surface area (Å²) in [5, 5.41) is 7.84. The maximum Gasteiger partial charge on any atom is 0.172 e. The molecule has 1 unspecified atom stereocenters. The summed E-state index contributed by atoms with van der Waals surface area (Å²) >= 11 is 0. The first kappa shape index (κ1) is 13.8. The lowest BCUT2D eigenvalue weighted by atomic mass is 10.2. The molecule has 0 N–H and O–H groups in total. The van der Waals surface area contributed by atoms with E-state index in [0.29, 0.717) is 37.8 Å². The highest BCUT2D eigenvalue weighted by molar-refractivity contribution is 5.73. The molecule has 1 aromatic heterocycles. The second-order valence-corrected chi connectivity index (χ2v) is 4.02. The van der Waals surface area contributed by atoms with Crippen molar-refractivity contribution >= 4 is 6.29 Å². The molecule has 0 bridgehead atoms. The number of rotatable bonds is 8. The van der Waals surface area contributed by atoms with E-state index in [1.54, 1.807) is 18.9 Å². The van der Waals surface area contributed by atoms with Crippen LogP contribution >= 0.6 is 0 Å². The highest BCUT2D eigenvalue weighted by atomic mass is 16.5. The van der Waals surface area contributed by atoms with Crippen molar-refractivity contribution in [2.75, 3.05) is 27.4 Å². The fourth-order valence-electron chi connectivity index (χ4n) is 1.67. The molecule has 0 aromatic carbocycles. The van der Waals surface area contributed by atoms with Crippen molar-refractivity contribution in [2.24, 2.45) is 5.92 Å². The number of aromatic nitrogens is 3. The van der Waals surface area contributed by atoms with E-state index in [1.165, 1.54) is 0 Å². The molecule has 0 saturated carbocycles. The molecule has 0 radical (unpaired) electrons. The van der Waals surface area contributed by atoms with Crippen molar-refractivity contribution < 1.29 is 14.3 Å². The molecule has 1 atom stereocenters. The van der Waals surface area contributed by atoms with Gasteiger partial charge >= 0.3 is 0 Å². The van der Waals surface area contributed by atoms with E-state index in [0.717, 1.165) is 12.0 Å². The highest BCUT2D eigenvalue weighted by Gasteiger charge is 2.14. The van der Waals surface area contributed by atoms with Gasteiger partial charge in [-0.05, 0) is 5.92 Å². The van der Waals surface area contributed by atoms with Gasteiger partial charge in [0.15, 0.2) is 6.29 Å². The average molecular weight is 241 g/mol. The molecule has 0 saturated heterocycles. The van der Waals surface area contributed by atoms with Gasteiger partial charge in [-0.15, -0.1) is 5.10 Å². The summed E-state index contributed by atoms with van der Waals surface area (Å²) in [4.78, 5) is 10.8. The summed E-state index contributed by atoms with van der Waals surface area (Å²) in [7, 11) is 3.29. The molecule has 6 nitrogen and oxygen atoms in total. The standard InChI is InChI=1S/C11H19N3O3/c1-9(8-17-3)6-14-11(4-5-16-2)10(7-15)12-13-14/h7,9H,4-6,8H2,1-3H3. The van der Waals surface area contributed by atoms with Crippen LogP contribution in [0.2, 0.25) is 0 Å². The van der Waals surface area contributed by atoms with Gasteiger partial charge < -0.3 is 9.47 Å². The average Bonchev–Trinajstić information content (AvgIpc) is 2.69. The summed E-state index contributed by atoms with van der Waals surface area (Å²) < 4.78 is 11.8. The van der Waals surface area contributed by atoms with Gasteiger partial charge in [-0.1, -0.05) is 12.1 Å². The van der Waals surface area contributed by atoms with Gasteiger partial charge in [-0.2, -0.15) is 0 Å². The zero-order chi connectivity index (χ0) is 12.7. The van der Waals surface area contributed by atoms with Crippen LogP contribution in [-0.4, -0.2) is 48.7 Å². The maximum atomic E-state index is 10.8. The number of ether oxygens (including phenoxy) is 2. The number of aldehydes is 1. The van der Waals surface area contributed by atoms with Crippen molar-refractivity contribution in [3.8, 4) is 0 Å². The van der Waals surface area contributed by atoms with Crippen LogP contribution in [0.3, 0.4) is 0 Å². The van der Waals surface area contributed by atoms with Crippen LogP contribution < -0.4 is 0 Å². The molecule has 0 amide bonds. The molecule has 96 valence electrons. The molecular formula is C11H19N3O3. The predicted octanol–water partition coefficient (Wildman–Crippen LogP) is 0.562. The lowest BCUT2D eigenvalue weighted by Gasteiger charge is -2.12. The summed E-state index contributed by atoms with van der Waals surface area (Å²) in [5.41, 5.74) is 1.22. The summed E-state index contributed by atoms with van der Waals surface area (Å²) in [6, 6.07) is 0. The second-order valence-electron chi connectivity index (χ2n) is 4.02. The van der Waals surface area contributed by atoms with E-state index in [1.807, 2.05) is 0 Å². The predicted molar refractivity (Wildman–Crippen MR) is 62.0 cm³/mol. The molecule has 0 aliphatic carbocycles. The molecule has 6 heteroatoms. The van der Waals surface area contributed by atoms with Gasteiger partial charge in [0.05, 0.1) is 18.9 Å². The molecule has 0 fully saturated rings. The first-order chi connectivity index (χ1) is 8.22. The third-order valence-electron chi connectivity index (χ3n) is 2.46. The second kappa shape index (κ2) is 7.13. The Morgan fingerprint density at radius 3 is 2.76 bits per heavy atom. The highest BCUT2D eigenvalue weighted by Crippen LogP contribution is 2.08. The molecule has 1 heterocycles. The molecule has 1 rings (SSSR count). The monoisotopic (exact) mass is 241 g/mol. The maximum absolute atomic E-state index is 10.8. The Balaban J connectivity index is 2.75. The van der Waals surface area contributed by atoms with Gasteiger partial charge in [0, 0.05) is 27.2 Å². The minimum atomic E-state index is 0.322. The van der Waals surface area contributed by atoms with Crippen LogP contribution in [0, 0.1) is 5.92 Å². The summed E-state index contributed by atoms with van der Waals surface area (Å²) in [6.45, 7) is 3.95. The van der Waals surface area contributed by atoms with E-state index < -0.39 is 0 Å². The third-order valence-corrected chi connectivity index (χ3v) is 2.46. The normalized spacial score (nSPS) is 12.6. The first-order valence-corrected chi connectivity index (χ1v) is 5.58. The SMILES string of the molecule is COCCc1c(C=O)nnn1CC(C)COC. The largest absolute Gasteiger partial charge is 0.384 e. The van der Waals surface area contributed by atoms with Gasteiger partial charge in [0.25, 0.3) is 0 Å². The van der Waals surface area contributed by atoms with Gasteiger partial charge in [0.2, 0.25) is 0 Å². The van der Waals surface area contributed by atoms with Crippen LogP contribution in [0.25, 0.3) is 0 Å². The Hall–Kier alpha value is -1.27. The van der Waals surface area contributed by atoms with Crippen molar-refractivity contribution in [1.82, 2.24) is 15.0 Å². The number of nitrogens with zero attached hydrogens (tertiary/aromatic N) is 3. The zero-order valence-corrected chi connectivity index (χ0v) is 10.5. The minimum Gasteiger partial charge on any atom is -0.384 e. The smallest absolute Gasteiger partial charge is 0.172 e. The fraction of sp³-hybridized carbons (Fsp3) is 0.727. The first-order valence-electron chi connectivity index (χ1n) is 5.58.